The van der Waals surface area contributed by atoms with Crippen molar-refractivity contribution in [1.29, 1.82) is 0 Å². The molecule has 0 bridgehead atoms. The molecule has 9 heteroatoms. The molecule has 0 aliphatic heterocycles. The van der Waals surface area contributed by atoms with Crippen molar-refractivity contribution in [3.8, 4) is 0 Å². The van der Waals surface area contributed by atoms with E-state index in [9.17, 15) is 14.0 Å². The molecule has 2 aromatic carbocycles. The van der Waals surface area contributed by atoms with Crippen molar-refractivity contribution in [3.63, 3.8) is 0 Å². The van der Waals surface area contributed by atoms with Crippen LogP contribution in [0.5, 0.6) is 0 Å². The van der Waals surface area contributed by atoms with Crippen molar-refractivity contribution in [2.45, 2.75) is 57.4 Å². The van der Waals surface area contributed by atoms with Gasteiger partial charge in [-0.25, -0.2) is 14.0 Å². The summed E-state index contributed by atoms with van der Waals surface area (Å²) >= 11 is 0. The number of hydrogen-bond donors (Lipinski definition) is 3. The SMILES string of the molecule is CC(C)(N)COCOC(=O)n1cc(NC(=O)Nc2ccc(C3CCCCC3)cc2)c2cc(F)ccc21. The largest absolute Gasteiger partial charge is 0.422 e. The minimum Gasteiger partial charge on any atom is -0.422 e. The summed E-state index contributed by atoms with van der Waals surface area (Å²) < 4.78 is 25.6. The van der Waals surface area contributed by atoms with Gasteiger partial charge in [0.25, 0.3) is 0 Å². The number of carbonyl (C=O) groups is 2. The van der Waals surface area contributed by atoms with Gasteiger partial charge in [-0.15, -0.1) is 0 Å². The summed E-state index contributed by atoms with van der Waals surface area (Å²) in [4.78, 5) is 25.3. The van der Waals surface area contributed by atoms with Crippen molar-refractivity contribution in [2.24, 2.45) is 5.73 Å². The Balaban J connectivity index is 1.43. The first-order valence-electron chi connectivity index (χ1n) is 12.2. The third-order valence-corrected chi connectivity index (χ3v) is 6.20. The fraction of sp³-hybridized carbons (Fsp3) is 0.407. The summed E-state index contributed by atoms with van der Waals surface area (Å²) in [5, 5.41) is 5.86. The van der Waals surface area contributed by atoms with E-state index in [0.29, 0.717) is 22.5 Å². The minimum absolute atomic E-state index is 0.201. The number of anilines is 2. The molecule has 3 aromatic rings. The number of rotatable bonds is 7. The van der Waals surface area contributed by atoms with Gasteiger partial charge in [-0.1, -0.05) is 31.4 Å². The summed E-state index contributed by atoms with van der Waals surface area (Å²) in [6, 6.07) is 11.3. The van der Waals surface area contributed by atoms with Gasteiger partial charge in [0, 0.05) is 22.8 Å². The number of ether oxygens (including phenoxy) is 2. The van der Waals surface area contributed by atoms with Gasteiger partial charge >= 0.3 is 12.1 Å². The summed E-state index contributed by atoms with van der Waals surface area (Å²) in [5.41, 5.74) is 7.86. The Hall–Kier alpha value is -3.43. The lowest BCUT2D eigenvalue weighted by Gasteiger charge is -2.22. The van der Waals surface area contributed by atoms with E-state index in [1.807, 2.05) is 12.1 Å². The van der Waals surface area contributed by atoms with Crippen molar-refractivity contribution in [1.82, 2.24) is 4.57 Å². The van der Waals surface area contributed by atoms with Crippen LogP contribution in [-0.4, -0.2) is 35.6 Å². The number of hydrogen-bond acceptors (Lipinski definition) is 5. The van der Waals surface area contributed by atoms with Gasteiger partial charge in [0.2, 0.25) is 0 Å². The molecular weight excluding hydrogens is 463 g/mol. The van der Waals surface area contributed by atoms with E-state index in [2.05, 4.69) is 22.8 Å². The Labute approximate surface area is 209 Å². The van der Waals surface area contributed by atoms with E-state index in [4.69, 9.17) is 15.2 Å². The zero-order valence-electron chi connectivity index (χ0n) is 20.7. The van der Waals surface area contributed by atoms with Gasteiger partial charge in [-0.05, 0) is 68.5 Å². The number of nitrogens with zero attached hydrogens (tertiary/aromatic N) is 1. The molecule has 0 unspecified atom stereocenters. The molecule has 1 heterocycles. The lowest BCUT2D eigenvalue weighted by Crippen LogP contribution is -2.37. The van der Waals surface area contributed by atoms with Crippen LogP contribution >= 0.6 is 0 Å². The number of urea groups is 1. The molecule has 1 aliphatic rings. The molecule has 4 N–H and O–H groups in total. The quantitative estimate of drug-likeness (QED) is 0.268. The predicted molar refractivity (Wildman–Crippen MR) is 138 cm³/mol. The highest BCUT2D eigenvalue weighted by Gasteiger charge is 2.19. The van der Waals surface area contributed by atoms with E-state index >= 15 is 0 Å². The molecular formula is C27H33FN4O4. The molecule has 36 heavy (non-hydrogen) atoms. The van der Waals surface area contributed by atoms with E-state index < -0.39 is 23.5 Å². The van der Waals surface area contributed by atoms with Crippen LogP contribution in [0.3, 0.4) is 0 Å². The first-order valence-corrected chi connectivity index (χ1v) is 12.2. The van der Waals surface area contributed by atoms with Crippen LogP contribution in [0.4, 0.5) is 25.4 Å². The number of benzene rings is 2. The highest BCUT2D eigenvalue weighted by atomic mass is 19.1. The van der Waals surface area contributed by atoms with Crippen molar-refractivity contribution in [2.75, 3.05) is 24.0 Å². The van der Waals surface area contributed by atoms with Gasteiger partial charge in [-0.3, -0.25) is 4.57 Å². The smallest absolute Gasteiger partial charge is 0.420 e. The van der Waals surface area contributed by atoms with E-state index in [1.165, 1.54) is 66.6 Å². The number of nitrogens with one attached hydrogen (secondary N) is 2. The Morgan fingerprint density at radius 2 is 1.81 bits per heavy atom. The Kier molecular flexibility index (Phi) is 7.91. The van der Waals surface area contributed by atoms with Gasteiger partial charge in [0.1, 0.15) is 5.82 Å². The number of amides is 2. The lowest BCUT2D eigenvalue weighted by atomic mass is 9.84. The number of aromatic nitrogens is 1. The summed E-state index contributed by atoms with van der Waals surface area (Å²) in [7, 11) is 0. The number of nitrogens with two attached hydrogens (primary N) is 1. The van der Waals surface area contributed by atoms with Gasteiger partial charge in [-0.2, -0.15) is 0 Å². The summed E-state index contributed by atoms with van der Waals surface area (Å²) in [5.74, 6) is 0.0819. The fourth-order valence-electron chi connectivity index (χ4n) is 4.48. The monoisotopic (exact) mass is 496 g/mol. The topological polar surface area (TPSA) is 108 Å². The molecule has 192 valence electrons. The number of carbonyl (C=O) groups excluding carboxylic acids is 2. The van der Waals surface area contributed by atoms with Gasteiger partial charge in [0.15, 0.2) is 6.79 Å². The fourth-order valence-corrected chi connectivity index (χ4v) is 4.48. The van der Waals surface area contributed by atoms with Crippen LogP contribution in [0.1, 0.15) is 57.4 Å². The van der Waals surface area contributed by atoms with Crippen LogP contribution in [-0.2, 0) is 9.47 Å². The lowest BCUT2D eigenvalue weighted by molar-refractivity contribution is -0.0284. The maximum atomic E-state index is 14.0. The number of halogens is 1. The maximum Gasteiger partial charge on any atom is 0.420 e. The third-order valence-electron chi connectivity index (χ3n) is 6.20. The van der Waals surface area contributed by atoms with Crippen LogP contribution in [0, 0.1) is 5.82 Å². The van der Waals surface area contributed by atoms with Crippen molar-refractivity contribution in [3.05, 3.63) is 60.0 Å². The molecule has 0 saturated heterocycles. The first-order chi connectivity index (χ1) is 17.2. The van der Waals surface area contributed by atoms with Gasteiger partial charge in [0.05, 0.1) is 17.8 Å². The predicted octanol–water partition coefficient (Wildman–Crippen LogP) is 6.17. The first kappa shape index (κ1) is 25.7. The number of fused-ring (bicyclic) bond motifs is 1. The highest BCUT2D eigenvalue weighted by molar-refractivity contribution is 6.07. The van der Waals surface area contributed by atoms with Crippen LogP contribution < -0.4 is 16.4 Å². The molecule has 0 radical (unpaired) electrons. The molecule has 0 atom stereocenters. The van der Waals surface area contributed by atoms with Crippen LogP contribution in [0.25, 0.3) is 10.9 Å². The molecule has 4 rings (SSSR count). The zero-order chi connectivity index (χ0) is 25.7. The molecule has 8 nitrogen and oxygen atoms in total. The van der Waals surface area contributed by atoms with Crippen LogP contribution in [0.2, 0.25) is 0 Å². The van der Waals surface area contributed by atoms with E-state index in [0.717, 1.165) is 0 Å². The van der Waals surface area contributed by atoms with E-state index in [1.54, 1.807) is 13.8 Å². The van der Waals surface area contributed by atoms with Crippen molar-refractivity contribution < 1.29 is 23.5 Å². The van der Waals surface area contributed by atoms with Crippen LogP contribution in [0.15, 0.2) is 48.7 Å². The van der Waals surface area contributed by atoms with Gasteiger partial charge < -0.3 is 25.8 Å². The molecule has 2 amide bonds. The van der Waals surface area contributed by atoms with Crippen molar-refractivity contribution >= 4 is 34.4 Å². The Bertz CT molecular complexity index is 1210. The average Bonchev–Trinajstić information content (AvgIpc) is 3.19. The zero-order valence-corrected chi connectivity index (χ0v) is 20.7. The third kappa shape index (κ3) is 6.61. The second-order valence-electron chi connectivity index (χ2n) is 9.98. The Morgan fingerprint density at radius 3 is 2.50 bits per heavy atom. The maximum absolute atomic E-state index is 14.0. The molecule has 1 aromatic heterocycles. The Morgan fingerprint density at radius 1 is 1.08 bits per heavy atom. The molecule has 1 fully saturated rings. The second-order valence-corrected chi connectivity index (χ2v) is 9.98. The second kappa shape index (κ2) is 11.1. The molecule has 1 aliphatic carbocycles. The van der Waals surface area contributed by atoms with E-state index in [-0.39, 0.29) is 19.1 Å². The summed E-state index contributed by atoms with van der Waals surface area (Å²) in [6.45, 7) is 3.49. The summed E-state index contributed by atoms with van der Waals surface area (Å²) in [6.07, 6.45) is 6.88. The highest BCUT2D eigenvalue weighted by Crippen LogP contribution is 2.33. The normalized spacial score (nSPS) is 14.6. The minimum atomic E-state index is -0.729. The standard InChI is InChI=1S/C27H33FN4O4/c1-27(2,29)16-35-17-36-26(34)32-15-23(22-14-20(28)10-13-24(22)32)31-25(33)30-21-11-8-19(9-12-21)18-6-4-3-5-7-18/h8-15,18H,3-7,16-17,29H2,1-2H3,(H2,30,31,33). The molecule has 1 saturated carbocycles. The molecule has 0 spiro atoms. The average molecular weight is 497 g/mol.